The fourth-order valence-corrected chi connectivity index (χ4v) is 3.23. The minimum absolute atomic E-state index is 0.789. The van der Waals surface area contributed by atoms with Crippen LogP contribution in [0.4, 0.5) is 0 Å². The lowest BCUT2D eigenvalue weighted by Gasteiger charge is -2.01. The summed E-state index contributed by atoms with van der Waals surface area (Å²) in [6, 6.07) is 2.14. The van der Waals surface area contributed by atoms with E-state index in [4.69, 9.17) is 5.73 Å². The molecule has 0 aromatic carbocycles. The van der Waals surface area contributed by atoms with Crippen LogP contribution in [-0.4, -0.2) is 13.1 Å². The van der Waals surface area contributed by atoms with Crippen LogP contribution in [0.2, 0.25) is 0 Å². The number of thiophene rings is 1. The molecule has 0 amide bonds. The van der Waals surface area contributed by atoms with E-state index < -0.39 is 0 Å². The smallest absolute Gasteiger partial charge is 0.0843 e. The lowest BCUT2D eigenvalue weighted by molar-refractivity contribution is 0.631. The van der Waals surface area contributed by atoms with Crippen LogP contribution < -0.4 is 11.1 Å². The lowest BCUT2D eigenvalue weighted by Crippen LogP contribution is -2.15. The maximum atomic E-state index is 5.41. The van der Waals surface area contributed by atoms with Gasteiger partial charge in [0.2, 0.25) is 0 Å². The van der Waals surface area contributed by atoms with Gasteiger partial charge in [-0.2, -0.15) is 0 Å². The van der Waals surface area contributed by atoms with Crippen molar-refractivity contribution in [3.8, 4) is 0 Å². The van der Waals surface area contributed by atoms with E-state index in [0.717, 1.165) is 40.7 Å². The molecule has 1 rings (SSSR count). The Morgan fingerprint density at radius 1 is 1.36 bits per heavy atom. The third kappa shape index (κ3) is 4.40. The highest BCUT2D eigenvalue weighted by Crippen LogP contribution is 2.32. The molecule has 0 aliphatic heterocycles. The summed E-state index contributed by atoms with van der Waals surface area (Å²) >= 11 is 8.71. The van der Waals surface area contributed by atoms with Crippen LogP contribution in [0.5, 0.6) is 0 Å². The summed E-state index contributed by atoms with van der Waals surface area (Å²) in [6.45, 7) is 2.78. The van der Waals surface area contributed by atoms with Gasteiger partial charge in [-0.25, -0.2) is 0 Å². The molecule has 80 valence electrons. The van der Waals surface area contributed by atoms with Crippen LogP contribution in [0.1, 0.15) is 17.7 Å². The summed E-state index contributed by atoms with van der Waals surface area (Å²) in [5.74, 6) is 0. The Balaban J connectivity index is 2.18. The number of hydrogen-bond donors (Lipinski definition) is 2. The van der Waals surface area contributed by atoms with E-state index in [0.29, 0.717) is 0 Å². The largest absolute Gasteiger partial charge is 0.330 e. The fourth-order valence-electron chi connectivity index (χ4n) is 1.08. The first kappa shape index (κ1) is 12.6. The van der Waals surface area contributed by atoms with Crippen molar-refractivity contribution < 1.29 is 0 Å². The predicted octanol–water partition coefficient (Wildman–Crippen LogP) is 3.10. The molecule has 0 saturated carbocycles. The summed E-state index contributed by atoms with van der Waals surface area (Å²) < 4.78 is 2.30. The van der Waals surface area contributed by atoms with E-state index in [2.05, 4.69) is 43.2 Å². The SMILES string of the molecule is NCCCCNCc1cc(Br)c(Br)s1. The first-order valence-electron chi connectivity index (χ1n) is 4.58. The third-order valence-corrected chi connectivity index (χ3v) is 5.06. The second-order valence-corrected chi connectivity index (χ2v) is 6.32. The number of halogens is 2. The van der Waals surface area contributed by atoms with Gasteiger partial charge >= 0.3 is 0 Å². The highest BCUT2D eigenvalue weighted by Gasteiger charge is 2.02. The van der Waals surface area contributed by atoms with Crippen molar-refractivity contribution in [2.75, 3.05) is 13.1 Å². The highest BCUT2D eigenvalue weighted by atomic mass is 79.9. The number of rotatable bonds is 6. The molecule has 0 atom stereocenters. The van der Waals surface area contributed by atoms with Crippen molar-refractivity contribution in [1.29, 1.82) is 0 Å². The summed E-state index contributed by atoms with van der Waals surface area (Å²) in [5.41, 5.74) is 5.41. The quantitative estimate of drug-likeness (QED) is 0.780. The van der Waals surface area contributed by atoms with Gasteiger partial charge in [-0.1, -0.05) is 0 Å². The molecule has 5 heteroatoms. The van der Waals surface area contributed by atoms with E-state index in [1.165, 1.54) is 4.88 Å². The van der Waals surface area contributed by atoms with Crippen LogP contribution in [0.3, 0.4) is 0 Å². The minimum Gasteiger partial charge on any atom is -0.330 e. The van der Waals surface area contributed by atoms with Crippen molar-refractivity contribution in [2.45, 2.75) is 19.4 Å². The lowest BCUT2D eigenvalue weighted by atomic mass is 10.3. The van der Waals surface area contributed by atoms with Crippen LogP contribution in [0.25, 0.3) is 0 Å². The molecule has 0 unspecified atom stereocenters. The van der Waals surface area contributed by atoms with Crippen molar-refractivity contribution >= 4 is 43.2 Å². The van der Waals surface area contributed by atoms with Crippen LogP contribution in [-0.2, 0) is 6.54 Å². The first-order chi connectivity index (χ1) is 6.74. The number of unbranched alkanes of at least 4 members (excludes halogenated alkanes) is 1. The molecule has 0 spiro atoms. The van der Waals surface area contributed by atoms with Gasteiger partial charge in [-0.3, -0.25) is 0 Å². The molecule has 0 bridgehead atoms. The molecule has 0 saturated heterocycles. The Morgan fingerprint density at radius 3 is 2.71 bits per heavy atom. The van der Waals surface area contributed by atoms with Gasteiger partial charge < -0.3 is 11.1 Å². The molecule has 0 aliphatic carbocycles. The molecule has 1 aromatic rings. The molecule has 1 aromatic heterocycles. The van der Waals surface area contributed by atoms with Crippen molar-refractivity contribution in [3.63, 3.8) is 0 Å². The van der Waals surface area contributed by atoms with E-state index in [-0.39, 0.29) is 0 Å². The van der Waals surface area contributed by atoms with E-state index in [1.54, 1.807) is 11.3 Å². The maximum Gasteiger partial charge on any atom is 0.0843 e. The second-order valence-electron chi connectivity index (χ2n) is 3.01. The average Bonchev–Trinajstić information content (AvgIpc) is 2.46. The zero-order chi connectivity index (χ0) is 10.4. The summed E-state index contributed by atoms with van der Waals surface area (Å²) in [6.07, 6.45) is 2.26. The Morgan fingerprint density at radius 2 is 2.14 bits per heavy atom. The summed E-state index contributed by atoms with van der Waals surface area (Å²) in [7, 11) is 0. The van der Waals surface area contributed by atoms with Gasteiger partial charge in [0.15, 0.2) is 0 Å². The van der Waals surface area contributed by atoms with E-state index >= 15 is 0 Å². The minimum atomic E-state index is 0.789. The predicted molar refractivity (Wildman–Crippen MR) is 69.7 cm³/mol. The topological polar surface area (TPSA) is 38.0 Å². The molecule has 14 heavy (non-hydrogen) atoms. The standard InChI is InChI=1S/C9H14Br2N2S/c10-8-5-7(14-9(8)11)6-13-4-2-1-3-12/h5,13H,1-4,6,12H2. The number of hydrogen-bond acceptors (Lipinski definition) is 3. The van der Waals surface area contributed by atoms with Gasteiger partial charge in [0.25, 0.3) is 0 Å². The monoisotopic (exact) mass is 340 g/mol. The summed E-state index contributed by atoms with van der Waals surface area (Å²) in [5, 5.41) is 3.39. The molecule has 0 radical (unpaired) electrons. The van der Waals surface area contributed by atoms with Crippen molar-refractivity contribution in [1.82, 2.24) is 5.32 Å². The average molecular weight is 342 g/mol. The van der Waals surface area contributed by atoms with Crippen LogP contribution in [0.15, 0.2) is 14.3 Å². The zero-order valence-corrected chi connectivity index (χ0v) is 11.8. The second kappa shape index (κ2) is 6.95. The normalized spacial score (nSPS) is 10.8. The van der Waals surface area contributed by atoms with Crippen molar-refractivity contribution in [3.05, 3.63) is 19.2 Å². The van der Waals surface area contributed by atoms with Crippen LogP contribution >= 0.6 is 43.2 Å². The Bertz CT molecular complexity index is 256. The number of nitrogens with one attached hydrogen (secondary N) is 1. The first-order valence-corrected chi connectivity index (χ1v) is 6.98. The highest BCUT2D eigenvalue weighted by molar-refractivity contribution is 9.13. The van der Waals surface area contributed by atoms with Gasteiger partial charge in [-0.15, -0.1) is 11.3 Å². The number of nitrogens with two attached hydrogens (primary N) is 1. The van der Waals surface area contributed by atoms with Gasteiger partial charge in [0, 0.05) is 15.9 Å². The van der Waals surface area contributed by atoms with E-state index in [9.17, 15) is 0 Å². The molecular formula is C9H14Br2N2S. The molecule has 1 heterocycles. The van der Waals surface area contributed by atoms with Crippen LogP contribution in [0, 0.1) is 0 Å². The molecule has 0 aliphatic rings. The molecular weight excluding hydrogens is 328 g/mol. The zero-order valence-electron chi connectivity index (χ0n) is 7.85. The maximum absolute atomic E-state index is 5.41. The van der Waals surface area contributed by atoms with Gasteiger partial charge in [0.05, 0.1) is 3.79 Å². The molecule has 2 nitrogen and oxygen atoms in total. The Labute approximate surface area is 106 Å². The van der Waals surface area contributed by atoms with Gasteiger partial charge in [-0.05, 0) is 63.9 Å². The Hall–Kier alpha value is 0.580. The summed E-state index contributed by atoms with van der Waals surface area (Å²) in [4.78, 5) is 1.34. The molecule has 3 N–H and O–H groups in total. The third-order valence-electron chi connectivity index (χ3n) is 1.80. The molecule has 0 fully saturated rings. The van der Waals surface area contributed by atoms with Crippen molar-refractivity contribution in [2.24, 2.45) is 5.73 Å². The van der Waals surface area contributed by atoms with Gasteiger partial charge in [0.1, 0.15) is 0 Å². The van der Waals surface area contributed by atoms with E-state index in [1.807, 2.05) is 0 Å². The Kier molecular flexibility index (Phi) is 6.28. The fraction of sp³-hybridized carbons (Fsp3) is 0.556.